The predicted molar refractivity (Wildman–Crippen MR) is 110 cm³/mol. The molecule has 0 radical (unpaired) electrons. The highest BCUT2D eigenvalue weighted by molar-refractivity contribution is 7.99. The van der Waals surface area contributed by atoms with Gasteiger partial charge < -0.3 is 15.5 Å². The van der Waals surface area contributed by atoms with E-state index in [1.54, 1.807) is 18.7 Å². The minimum atomic E-state index is -4.50. The van der Waals surface area contributed by atoms with Crippen molar-refractivity contribution in [2.75, 3.05) is 6.61 Å². The van der Waals surface area contributed by atoms with Crippen LogP contribution in [0.3, 0.4) is 0 Å². The average Bonchev–Trinajstić information content (AvgIpc) is 2.55. The summed E-state index contributed by atoms with van der Waals surface area (Å²) >= 11 is 8.09. The lowest BCUT2D eigenvalue weighted by Gasteiger charge is -2.24. The van der Waals surface area contributed by atoms with E-state index in [2.05, 4.69) is 29.6 Å². The van der Waals surface area contributed by atoms with Crippen LogP contribution in [0.15, 0.2) is 52.3 Å². The van der Waals surface area contributed by atoms with Crippen molar-refractivity contribution in [2.45, 2.75) is 48.4 Å². The first kappa shape index (κ1) is 22.4. The number of phosphoric ester groups is 1. The third kappa shape index (κ3) is 8.36. The Morgan fingerprint density at radius 3 is 2.56 bits per heavy atom. The van der Waals surface area contributed by atoms with Gasteiger partial charge in [0.15, 0.2) is 0 Å². The molecule has 0 heterocycles. The number of benzene rings is 2. The molecule has 0 aliphatic heterocycles. The second kappa shape index (κ2) is 9.57. The van der Waals surface area contributed by atoms with Gasteiger partial charge in [-0.1, -0.05) is 47.1 Å². The summed E-state index contributed by atoms with van der Waals surface area (Å²) < 4.78 is 15.3. The first-order chi connectivity index (χ1) is 12.5. The van der Waals surface area contributed by atoms with Crippen LogP contribution in [0.4, 0.5) is 0 Å². The maximum absolute atomic E-state index is 10.8. The summed E-state index contributed by atoms with van der Waals surface area (Å²) in [5.41, 5.74) is 7.48. The summed E-state index contributed by atoms with van der Waals surface area (Å²) in [6, 6.07) is 14.3. The Labute approximate surface area is 169 Å². The Kier molecular flexibility index (Phi) is 7.95. The molecule has 0 unspecified atom stereocenters. The quantitative estimate of drug-likeness (QED) is 0.488. The van der Waals surface area contributed by atoms with Gasteiger partial charge in [0.2, 0.25) is 0 Å². The van der Waals surface area contributed by atoms with E-state index in [1.807, 2.05) is 24.3 Å². The highest BCUT2D eigenvalue weighted by Gasteiger charge is 2.24. The van der Waals surface area contributed by atoms with Crippen LogP contribution in [0, 0.1) is 6.92 Å². The molecule has 2 aromatic carbocycles. The summed E-state index contributed by atoms with van der Waals surface area (Å²) in [5.74, 6) is 0. The lowest BCUT2D eigenvalue weighted by Crippen LogP contribution is -2.40. The first-order valence-electron chi connectivity index (χ1n) is 8.56. The number of hydrogen-bond acceptors (Lipinski definition) is 4. The molecule has 5 nitrogen and oxygen atoms in total. The van der Waals surface area contributed by atoms with Crippen molar-refractivity contribution in [1.82, 2.24) is 0 Å². The molecule has 148 valence electrons. The normalized spacial score (nSPS) is 14.1. The molecule has 0 saturated heterocycles. The molecule has 0 amide bonds. The van der Waals surface area contributed by atoms with E-state index >= 15 is 0 Å². The molecule has 2 rings (SSSR count). The van der Waals surface area contributed by atoms with E-state index in [9.17, 15) is 4.57 Å². The maximum atomic E-state index is 10.8. The zero-order valence-electron chi connectivity index (χ0n) is 15.4. The Balaban J connectivity index is 1.89. The fraction of sp³-hybridized carbons (Fsp3) is 0.368. The fourth-order valence-electron chi connectivity index (χ4n) is 2.60. The number of aryl methyl sites for hydroxylation is 2. The summed E-state index contributed by atoms with van der Waals surface area (Å²) in [4.78, 5) is 19.8. The molecule has 0 fully saturated rings. The van der Waals surface area contributed by atoms with Gasteiger partial charge in [-0.05, 0) is 62.9 Å². The van der Waals surface area contributed by atoms with Gasteiger partial charge in [-0.2, -0.15) is 0 Å². The number of hydrogen-bond donors (Lipinski definition) is 3. The Morgan fingerprint density at radius 2 is 1.93 bits per heavy atom. The molecule has 4 N–H and O–H groups in total. The van der Waals surface area contributed by atoms with Crippen molar-refractivity contribution < 1.29 is 18.9 Å². The number of rotatable bonds is 9. The van der Waals surface area contributed by atoms with E-state index < -0.39 is 13.4 Å². The smallest absolute Gasteiger partial charge is 0.323 e. The van der Waals surface area contributed by atoms with E-state index in [0.717, 1.165) is 23.3 Å². The first-order valence-corrected chi connectivity index (χ1v) is 11.3. The van der Waals surface area contributed by atoms with Crippen LogP contribution in [-0.4, -0.2) is 21.9 Å². The molecule has 0 saturated carbocycles. The number of phosphoric acid groups is 1. The second-order valence-electron chi connectivity index (χ2n) is 6.94. The highest BCUT2D eigenvalue weighted by atomic mass is 35.5. The summed E-state index contributed by atoms with van der Waals surface area (Å²) in [6.45, 7) is 3.58. The van der Waals surface area contributed by atoms with Crippen molar-refractivity contribution in [3.8, 4) is 0 Å². The molecule has 2 aromatic rings. The molecule has 0 aromatic heterocycles. The van der Waals surface area contributed by atoms with E-state index in [0.29, 0.717) is 11.4 Å². The minimum Gasteiger partial charge on any atom is -0.323 e. The topological polar surface area (TPSA) is 92.8 Å². The number of halogens is 1. The van der Waals surface area contributed by atoms with Gasteiger partial charge in [-0.15, -0.1) is 0 Å². The van der Waals surface area contributed by atoms with Crippen LogP contribution in [0.25, 0.3) is 0 Å². The fourth-order valence-corrected chi connectivity index (χ4v) is 4.37. The summed E-state index contributed by atoms with van der Waals surface area (Å²) in [6.07, 6.45) is 2.03. The van der Waals surface area contributed by atoms with Crippen molar-refractivity contribution in [3.63, 3.8) is 0 Å². The van der Waals surface area contributed by atoms with E-state index in [-0.39, 0.29) is 6.61 Å². The van der Waals surface area contributed by atoms with Crippen molar-refractivity contribution in [1.29, 1.82) is 0 Å². The van der Waals surface area contributed by atoms with Crippen LogP contribution in [0.2, 0.25) is 5.02 Å². The lowest BCUT2D eigenvalue weighted by molar-refractivity contribution is 0.153. The monoisotopic (exact) mass is 429 g/mol. The van der Waals surface area contributed by atoms with Gasteiger partial charge in [0, 0.05) is 20.4 Å². The van der Waals surface area contributed by atoms with Gasteiger partial charge in [-0.3, -0.25) is 4.52 Å². The molecular formula is C19H25ClNO4PS. The van der Waals surface area contributed by atoms with E-state index in [4.69, 9.17) is 27.1 Å². The van der Waals surface area contributed by atoms with Crippen LogP contribution >= 0.6 is 31.2 Å². The molecular weight excluding hydrogens is 405 g/mol. The second-order valence-corrected chi connectivity index (χ2v) is 9.74. The van der Waals surface area contributed by atoms with Gasteiger partial charge in [0.05, 0.1) is 6.61 Å². The van der Waals surface area contributed by atoms with Gasteiger partial charge >= 0.3 is 7.82 Å². The van der Waals surface area contributed by atoms with Crippen LogP contribution in [-0.2, 0) is 15.5 Å². The average molecular weight is 430 g/mol. The lowest BCUT2D eigenvalue weighted by atomic mass is 9.95. The number of nitrogens with two attached hydrogens (primary N) is 1. The minimum absolute atomic E-state index is 0.197. The molecule has 27 heavy (non-hydrogen) atoms. The van der Waals surface area contributed by atoms with Gasteiger partial charge in [0.25, 0.3) is 0 Å². The highest BCUT2D eigenvalue weighted by Crippen LogP contribution is 2.37. The molecule has 8 heteroatoms. The molecule has 0 spiro atoms. The Hall–Kier alpha value is -0.850. The zero-order chi connectivity index (χ0) is 20.1. The summed E-state index contributed by atoms with van der Waals surface area (Å²) in [5, 5.41) is 0.706. The maximum Gasteiger partial charge on any atom is 0.469 e. The van der Waals surface area contributed by atoms with Crippen LogP contribution < -0.4 is 5.73 Å². The predicted octanol–water partition coefficient (Wildman–Crippen LogP) is 4.95. The largest absolute Gasteiger partial charge is 0.469 e. The van der Waals surface area contributed by atoms with Crippen molar-refractivity contribution >= 4 is 31.2 Å². The summed E-state index contributed by atoms with van der Waals surface area (Å²) in [7, 11) is -4.50. The molecule has 0 bridgehead atoms. The molecule has 1 atom stereocenters. The third-order valence-corrected chi connectivity index (χ3v) is 5.80. The Bertz CT molecular complexity index is 825. The van der Waals surface area contributed by atoms with Crippen LogP contribution in [0.1, 0.15) is 30.9 Å². The third-order valence-electron chi connectivity index (χ3n) is 4.01. The Morgan fingerprint density at radius 1 is 1.22 bits per heavy atom. The molecule has 0 aliphatic carbocycles. The van der Waals surface area contributed by atoms with Crippen LogP contribution in [0.5, 0.6) is 0 Å². The van der Waals surface area contributed by atoms with Gasteiger partial charge in [0.1, 0.15) is 0 Å². The zero-order valence-corrected chi connectivity index (χ0v) is 17.9. The standard InChI is InChI=1S/C19H25ClNO4PS/c1-14-5-3-7-16(11-14)27-17-9-8-15(18(20)12-17)6-4-10-19(2,21)13-25-26(22,23)24/h3,5,7-9,11-12H,4,6,10,13,21H2,1-2H3,(H2,22,23,24)/t19-/m1/s1. The molecule has 0 aliphatic rings. The van der Waals surface area contributed by atoms with Gasteiger partial charge in [-0.25, -0.2) is 4.57 Å². The van der Waals surface area contributed by atoms with Crippen molar-refractivity contribution in [2.24, 2.45) is 5.73 Å². The van der Waals surface area contributed by atoms with E-state index in [1.165, 1.54) is 10.5 Å². The SMILES string of the molecule is Cc1cccc(Sc2ccc(CCC[C@@](C)(N)COP(=O)(O)O)c(Cl)c2)c1. The van der Waals surface area contributed by atoms with Crippen molar-refractivity contribution in [3.05, 3.63) is 58.6 Å².